The average Bonchev–Trinajstić information content (AvgIpc) is 4.01. The maximum absolute atomic E-state index is 5.04. The van der Waals surface area contributed by atoms with Gasteiger partial charge in [0.15, 0.2) is 0 Å². The lowest BCUT2D eigenvalue weighted by molar-refractivity contribution is 0.513. The monoisotopic (exact) mass is 728 g/mol. The lowest BCUT2D eigenvalue weighted by Gasteiger charge is -2.37. The summed E-state index contributed by atoms with van der Waals surface area (Å²) in [6, 6.07) is 60.2. The molecule has 0 spiro atoms. The number of hydrogen-bond acceptors (Lipinski definition) is 3. The molecule has 6 nitrogen and oxygen atoms in total. The summed E-state index contributed by atoms with van der Waals surface area (Å²) in [4.78, 5) is 8.48. The predicted molar refractivity (Wildman–Crippen MR) is 226 cm³/mol. The quantitative estimate of drug-likeness (QED) is 0.113. The van der Waals surface area contributed by atoms with Crippen molar-refractivity contribution < 1.29 is 0 Å². The topological polar surface area (TPSA) is 64.3 Å². The summed E-state index contributed by atoms with van der Waals surface area (Å²) in [6.45, 7) is 0.807. The highest BCUT2D eigenvalue weighted by Gasteiger charge is 2.38. The number of rotatable bonds is 14. The van der Waals surface area contributed by atoms with Crippen LogP contribution in [0, 0.1) is 0 Å². The van der Waals surface area contributed by atoms with Crippen LogP contribution in [0.5, 0.6) is 0 Å². The van der Waals surface area contributed by atoms with Gasteiger partial charge in [0.1, 0.15) is 17.2 Å². The van der Waals surface area contributed by atoms with Gasteiger partial charge in [-0.05, 0) is 64.3 Å². The van der Waals surface area contributed by atoms with Gasteiger partial charge in [-0.1, -0.05) is 164 Å². The highest BCUT2D eigenvalue weighted by molar-refractivity contribution is 5.83. The molecule has 9 rings (SSSR count). The number of nitrogens with one attached hydrogen (secondary N) is 1. The molecule has 0 fully saturated rings. The van der Waals surface area contributed by atoms with Crippen molar-refractivity contribution in [1.29, 1.82) is 0 Å². The Kier molecular flexibility index (Phi) is 9.92. The molecule has 3 heterocycles. The Hall–Kier alpha value is -6.79. The van der Waals surface area contributed by atoms with E-state index < -0.39 is 5.54 Å². The van der Waals surface area contributed by atoms with Gasteiger partial charge in [0.05, 0.1) is 12.0 Å². The van der Waals surface area contributed by atoms with Crippen LogP contribution in [0.2, 0.25) is 0 Å². The van der Waals surface area contributed by atoms with Crippen LogP contribution in [0.1, 0.15) is 51.6 Å². The molecule has 6 aromatic carbocycles. The number of H-pyrrole nitrogens is 1. The average molecular weight is 729 g/mol. The van der Waals surface area contributed by atoms with Gasteiger partial charge in [-0.2, -0.15) is 0 Å². The molecule has 0 saturated heterocycles. The van der Waals surface area contributed by atoms with E-state index in [2.05, 4.69) is 196 Å². The molecule has 0 amide bonds. The second-order valence-corrected chi connectivity index (χ2v) is 14.5. The normalized spacial score (nSPS) is 11.6. The van der Waals surface area contributed by atoms with E-state index in [1.807, 2.05) is 6.33 Å². The van der Waals surface area contributed by atoms with Crippen LogP contribution in [-0.2, 0) is 37.8 Å². The van der Waals surface area contributed by atoms with E-state index in [-0.39, 0.29) is 0 Å². The van der Waals surface area contributed by atoms with Crippen LogP contribution in [0.4, 0.5) is 0 Å². The second-order valence-electron chi connectivity index (χ2n) is 14.5. The van der Waals surface area contributed by atoms with E-state index in [4.69, 9.17) is 15.2 Å². The Bertz CT molecular complexity index is 2530. The maximum Gasteiger partial charge on any atom is 0.137 e. The fourth-order valence-electron chi connectivity index (χ4n) is 8.24. The van der Waals surface area contributed by atoms with Crippen molar-refractivity contribution in [2.75, 3.05) is 0 Å². The zero-order valence-electron chi connectivity index (χ0n) is 31.4. The number of aromatic nitrogens is 6. The van der Waals surface area contributed by atoms with Crippen molar-refractivity contribution in [2.24, 2.45) is 0 Å². The summed E-state index contributed by atoms with van der Waals surface area (Å²) in [5.74, 6) is 2.01. The smallest absolute Gasteiger partial charge is 0.137 e. The minimum Gasteiger partial charge on any atom is -0.361 e. The van der Waals surface area contributed by atoms with Gasteiger partial charge in [-0.25, -0.2) is 4.98 Å². The number of fused-ring (bicyclic) bond motifs is 1. The van der Waals surface area contributed by atoms with E-state index in [9.17, 15) is 0 Å². The largest absolute Gasteiger partial charge is 0.361 e. The minimum atomic E-state index is -0.581. The summed E-state index contributed by atoms with van der Waals surface area (Å²) in [7, 11) is 0. The van der Waals surface area contributed by atoms with Gasteiger partial charge >= 0.3 is 0 Å². The van der Waals surface area contributed by atoms with Gasteiger partial charge in [-0.15, -0.1) is 10.2 Å². The molecule has 0 aliphatic heterocycles. The third-order valence-corrected chi connectivity index (χ3v) is 11.0. The Morgan fingerprint density at radius 3 is 1.77 bits per heavy atom. The maximum atomic E-state index is 5.04. The van der Waals surface area contributed by atoms with Crippen LogP contribution in [0.15, 0.2) is 189 Å². The lowest BCUT2D eigenvalue weighted by Crippen LogP contribution is -2.36. The van der Waals surface area contributed by atoms with Crippen molar-refractivity contribution in [3.63, 3.8) is 0 Å². The molecule has 1 N–H and O–H groups in total. The van der Waals surface area contributed by atoms with Crippen LogP contribution >= 0.6 is 0 Å². The molecule has 274 valence electrons. The van der Waals surface area contributed by atoms with E-state index >= 15 is 0 Å². The molecule has 0 saturated carbocycles. The zero-order chi connectivity index (χ0) is 37.6. The first kappa shape index (κ1) is 34.9. The Balaban J connectivity index is 0.993. The summed E-state index contributed by atoms with van der Waals surface area (Å²) >= 11 is 0. The van der Waals surface area contributed by atoms with Gasteiger partial charge in [0.2, 0.25) is 0 Å². The number of hydrogen-bond donors (Lipinski definition) is 1. The van der Waals surface area contributed by atoms with Crippen LogP contribution in [-0.4, -0.2) is 29.3 Å². The Morgan fingerprint density at radius 2 is 1.11 bits per heavy atom. The Labute approximate surface area is 328 Å². The van der Waals surface area contributed by atoms with Crippen molar-refractivity contribution in [1.82, 2.24) is 29.3 Å². The lowest BCUT2D eigenvalue weighted by atomic mass is 9.77. The van der Waals surface area contributed by atoms with E-state index in [1.165, 1.54) is 49.8 Å². The molecule has 0 atom stereocenters. The summed E-state index contributed by atoms with van der Waals surface area (Å²) in [5.41, 5.74) is 10.2. The molecule has 6 heteroatoms. The fourth-order valence-corrected chi connectivity index (χ4v) is 8.24. The predicted octanol–water partition coefficient (Wildman–Crippen LogP) is 10.5. The van der Waals surface area contributed by atoms with Gasteiger partial charge < -0.3 is 14.1 Å². The van der Waals surface area contributed by atoms with E-state index in [0.29, 0.717) is 0 Å². The van der Waals surface area contributed by atoms with Crippen LogP contribution in [0.3, 0.4) is 0 Å². The first-order valence-electron chi connectivity index (χ1n) is 19.6. The minimum absolute atomic E-state index is 0.581. The first-order chi connectivity index (χ1) is 27.8. The van der Waals surface area contributed by atoms with Gasteiger partial charge in [0.25, 0.3) is 0 Å². The molecule has 0 radical (unpaired) electrons. The summed E-state index contributed by atoms with van der Waals surface area (Å²) in [6.07, 6.45) is 10.5. The van der Waals surface area contributed by atoms with Crippen molar-refractivity contribution in [3.8, 4) is 11.1 Å². The molecular weight excluding hydrogens is 685 g/mol. The zero-order valence-corrected chi connectivity index (χ0v) is 31.4. The molecule has 3 aromatic heterocycles. The summed E-state index contributed by atoms with van der Waals surface area (Å²) < 4.78 is 4.66. The summed E-state index contributed by atoms with van der Waals surface area (Å²) in [5, 5.41) is 10.9. The number of aryl methyl sites for hydroxylation is 3. The molecule has 0 unspecified atom stereocenters. The standard InChI is InChI=1S/C50H44N6/c1-5-16-39(17-6-1)40-29-27-38(28-30-40)34-49-54-53-48(32-31-41-35-51-47-26-14-13-25-46(41)47)56(49)33-15-24-45-36-55(37-52-45)50(42-18-7-2-8-19-42,43-20-9-3-10-21-43)44-22-11-4-12-23-44/h1-14,16-23,25-30,35-37,51H,15,24,31-34H2. The SMILES string of the molecule is c1ccc(-c2ccc(Cc3nnc(CCc4c[nH]c5ccccc45)n3CCCc3cn(C(c4ccccc4)(c4ccccc4)c4ccccc4)cn3)cc2)cc1. The molecule has 0 aliphatic rings. The Morgan fingerprint density at radius 1 is 0.536 bits per heavy atom. The first-order valence-corrected chi connectivity index (χ1v) is 19.6. The van der Waals surface area contributed by atoms with Gasteiger partial charge in [-0.3, -0.25) is 0 Å². The molecular formula is C50H44N6. The third kappa shape index (κ3) is 6.98. The van der Waals surface area contributed by atoms with Crippen molar-refractivity contribution >= 4 is 10.9 Å². The van der Waals surface area contributed by atoms with Crippen molar-refractivity contribution in [3.05, 3.63) is 234 Å². The molecule has 0 aliphatic carbocycles. The molecule has 9 aromatic rings. The van der Waals surface area contributed by atoms with Crippen LogP contribution < -0.4 is 0 Å². The highest BCUT2D eigenvalue weighted by Crippen LogP contribution is 2.41. The van der Waals surface area contributed by atoms with E-state index in [0.717, 1.165) is 56.0 Å². The van der Waals surface area contributed by atoms with Crippen LogP contribution in [0.25, 0.3) is 22.0 Å². The molecule has 56 heavy (non-hydrogen) atoms. The number of aromatic amines is 1. The van der Waals surface area contributed by atoms with Gasteiger partial charge in [0, 0.05) is 42.7 Å². The second kappa shape index (κ2) is 15.9. The molecule has 0 bridgehead atoms. The highest BCUT2D eigenvalue weighted by atomic mass is 15.3. The number of imidazole rings is 1. The number of benzene rings is 6. The third-order valence-electron chi connectivity index (χ3n) is 11.0. The van der Waals surface area contributed by atoms with E-state index in [1.54, 1.807) is 0 Å². The fraction of sp³-hybridized carbons (Fsp3) is 0.140. The number of para-hydroxylation sites is 1. The van der Waals surface area contributed by atoms with Crippen molar-refractivity contribution in [2.45, 2.75) is 44.2 Å². The number of nitrogens with zero attached hydrogens (tertiary/aromatic N) is 5.